The second-order valence-electron chi connectivity index (χ2n) is 3.66. The molecule has 1 saturated heterocycles. The van der Waals surface area contributed by atoms with E-state index in [1.165, 1.54) is 0 Å². The number of carboxylic acid groups (broad SMARTS) is 1. The van der Waals surface area contributed by atoms with Crippen molar-refractivity contribution in [1.29, 1.82) is 0 Å². The summed E-state index contributed by atoms with van der Waals surface area (Å²) >= 11 is 0. The molecule has 82 valence electrons. The largest absolute Gasteiger partial charge is 0.480 e. The van der Waals surface area contributed by atoms with Crippen molar-refractivity contribution < 1.29 is 14.6 Å². The number of aliphatic carboxylic acids is 1. The minimum Gasteiger partial charge on any atom is -0.480 e. The number of rotatable bonds is 4. The van der Waals surface area contributed by atoms with Crippen LogP contribution in [0.15, 0.2) is 0 Å². The smallest absolute Gasteiger partial charge is 0.320 e. The average Bonchev–Trinajstić information content (AvgIpc) is 2.18. The zero-order chi connectivity index (χ0) is 10.6. The second-order valence-corrected chi connectivity index (χ2v) is 3.66. The normalized spacial score (nSPS) is 29.9. The molecular formula is C9H18N2O3. The van der Waals surface area contributed by atoms with E-state index in [4.69, 9.17) is 15.6 Å². The minimum atomic E-state index is -0.807. The van der Waals surface area contributed by atoms with Crippen LogP contribution in [0, 0.1) is 0 Å². The molecule has 1 aliphatic rings. The van der Waals surface area contributed by atoms with E-state index >= 15 is 0 Å². The van der Waals surface area contributed by atoms with Gasteiger partial charge in [0.2, 0.25) is 0 Å². The van der Waals surface area contributed by atoms with Gasteiger partial charge in [0.1, 0.15) is 12.3 Å². The zero-order valence-corrected chi connectivity index (χ0v) is 8.40. The second kappa shape index (κ2) is 5.29. The van der Waals surface area contributed by atoms with E-state index in [0.29, 0.717) is 13.0 Å². The first-order valence-electron chi connectivity index (χ1n) is 4.98. The molecule has 0 spiro atoms. The Labute approximate surface area is 83.6 Å². The lowest BCUT2D eigenvalue weighted by Gasteiger charge is -2.30. The first-order valence-corrected chi connectivity index (χ1v) is 4.98. The maximum Gasteiger partial charge on any atom is 0.320 e. The Bertz CT molecular complexity index is 198. The fourth-order valence-corrected chi connectivity index (χ4v) is 1.54. The van der Waals surface area contributed by atoms with Crippen molar-refractivity contribution in [2.45, 2.75) is 44.6 Å². The molecule has 1 fully saturated rings. The lowest BCUT2D eigenvalue weighted by molar-refractivity contribution is -0.143. The molecule has 14 heavy (non-hydrogen) atoms. The van der Waals surface area contributed by atoms with Gasteiger partial charge in [-0.1, -0.05) is 0 Å². The van der Waals surface area contributed by atoms with Gasteiger partial charge in [-0.25, -0.2) is 0 Å². The SMILES string of the molecule is CC(CN)OC1CCCC(C(=O)O)N1. The van der Waals surface area contributed by atoms with Crippen molar-refractivity contribution in [3.05, 3.63) is 0 Å². The maximum atomic E-state index is 10.7. The Morgan fingerprint density at radius 1 is 1.71 bits per heavy atom. The van der Waals surface area contributed by atoms with E-state index in [9.17, 15) is 4.79 Å². The number of nitrogens with two attached hydrogens (primary N) is 1. The topological polar surface area (TPSA) is 84.6 Å². The van der Waals surface area contributed by atoms with Crippen LogP contribution in [0.25, 0.3) is 0 Å². The average molecular weight is 202 g/mol. The Morgan fingerprint density at radius 2 is 2.43 bits per heavy atom. The highest BCUT2D eigenvalue weighted by atomic mass is 16.5. The Balaban J connectivity index is 2.36. The highest BCUT2D eigenvalue weighted by molar-refractivity contribution is 5.73. The van der Waals surface area contributed by atoms with Crippen molar-refractivity contribution in [2.24, 2.45) is 5.73 Å². The molecule has 0 aromatic heterocycles. The van der Waals surface area contributed by atoms with Crippen LogP contribution in [-0.4, -0.2) is 36.0 Å². The maximum absolute atomic E-state index is 10.7. The van der Waals surface area contributed by atoms with Crippen LogP contribution in [0.5, 0.6) is 0 Å². The van der Waals surface area contributed by atoms with E-state index in [0.717, 1.165) is 12.8 Å². The van der Waals surface area contributed by atoms with E-state index in [1.54, 1.807) is 0 Å². The van der Waals surface area contributed by atoms with Gasteiger partial charge >= 0.3 is 5.97 Å². The van der Waals surface area contributed by atoms with Crippen LogP contribution in [0.4, 0.5) is 0 Å². The van der Waals surface area contributed by atoms with Gasteiger partial charge in [0.25, 0.3) is 0 Å². The highest BCUT2D eigenvalue weighted by Gasteiger charge is 2.26. The standard InChI is InChI=1S/C9H18N2O3/c1-6(5-10)14-8-4-2-3-7(11-8)9(12)13/h6-8,11H,2-5,10H2,1H3,(H,12,13). The molecule has 0 radical (unpaired) electrons. The van der Waals surface area contributed by atoms with Crippen molar-refractivity contribution in [3.63, 3.8) is 0 Å². The number of piperidine rings is 1. The van der Waals surface area contributed by atoms with Gasteiger partial charge in [-0.05, 0) is 26.2 Å². The molecule has 1 aliphatic heterocycles. The van der Waals surface area contributed by atoms with Gasteiger partial charge < -0.3 is 15.6 Å². The molecule has 3 atom stereocenters. The molecule has 0 aromatic carbocycles. The third-order valence-electron chi connectivity index (χ3n) is 2.37. The Morgan fingerprint density at radius 3 is 3.00 bits per heavy atom. The summed E-state index contributed by atoms with van der Waals surface area (Å²) in [6.07, 6.45) is 2.22. The van der Waals surface area contributed by atoms with Gasteiger partial charge in [0.05, 0.1) is 6.10 Å². The summed E-state index contributed by atoms with van der Waals surface area (Å²) in [6, 6.07) is -0.473. The summed E-state index contributed by atoms with van der Waals surface area (Å²) in [5.41, 5.74) is 5.41. The first kappa shape index (κ1) is 11.4. The van der Waals surface area contributed by atoms with E-state index in [1.807, 2.05) is 6.92 Å². The van der Waals surface area contributed by atoms with Gasteiger partial charge in [0, 0.05) is 6.54 Å². The molecule has 4 N–H and O–H groups in total. The van der Waals surface area contributed by atoms with Crippen LogP contribution < -0.4 is 11.1 Å². The number of nitrogens with one attached hydrogen (secondary N) is 1. The molecule has 1 rings (SSSR count). The molecule has 0 saturated carbocycles. The van der Waals surface area contributed by atoms with Crippen LogP contribution in [-0.2, 0) is 9.53 Å². The molecule has 0 aromatic rings. The van der Waals surface area contributed by atoms with E-state index in [-0.39, 0.29) is 12.3 Å². The first-order chi connectivity index (χ1) is 6.63. The van der Waals surface area contributed by atoms with Crippen LogP contribution in [0.2, 0.25) is 0 Å². The number of ether oxygens (including phenoxy) is 1. The fourth-order valence-electron chi connectivity index (χ4n) is 1.54. The molecule has 1 heterocycles. The van der Waals surface area contributed by atoms with Crippen LogP contribution >= 0.6 is 0 Å². The van der Waals surface area contributed by atoms with Crippen molar-refractivity contribution in [3.8, 4) is 0 Å². The fraction of sp³-hybridized carbons (Fsp3) is 0.889. The zero-order valence-electron chi connectivity index (χ0n) is 8.40. The molecule has 5 heteroatoms. The highest BCUT2D eigenvalue weighted by Crippen LogP contribution is 2.14. The Hall–Kier alpha value is -0.650. The Kier molecular flexibility index (Phi) is 4.31. The van der Waals surface area contributed by atoms with Crippen molar-refractivity contribution >= 4 is 5.97 Å². The van der Waals surface area contributed by atoms with Crippen molar-refractivity contribution in [1.82, 2.24) is 5.32 Å². The van der Waals surface area contributed by atoms with Gasteiger partial charge in [0.15, 0.2) is 0 Å². The third kappa shape index (κ3) is 3.25. The molecule has 0 aliphatic carbocycles. The van der Waals surface area contributed by atoms with Crippen LogP contribution in [0.1, 0.15) is 26.2 Å². The van der Waals surface area contributed by atoms with Crippen LogP contribution in [0.3, 0.4) is 0 Å². The van der Waals surface area contributed by atoms with Gasteiger partial charge in [-0.2, -0.15) is 0 Å². The van der Waals surface area contributed by atoms with Gasteiger partial charge in [-0.15, -0.1) is 0 Å². The third-order valence-corrected chi connectivity index (χ3v) is 2.37. The summed E-state index contributed by atoms with van der Waals surface area (Å²) in [5.74, 6) is -0.807. The van der Waals surface area contributed by atoms with Crippen molar-refractivity contribution in [2.75, 3.05) is 6.54 Å². The lowest BCUT2D eigenvalue weighted by Crippen LogP contribution is -2.49. The van der Waals surface area contributed by atoms with E-state index < -0.39 is 12.0 Å². The summed E-state index contributed by atoms with van der Waals surface area (Å²) in [5, 5.41) is 11.7. The summed E-state index contributed by atoms with van der Waals surface area (Å²) in [6.45, 7) is 2.34. The number of hydrogen-bond acceptors (Lipinski definition) is 4. The summed E-state index contributed by atoms with van der Waals surface area (Å²) in [4.78, 5) is 10.7. The number of carbonyl (C=O) groups is 1. The summed E-state index contributed by atoms with van der Waals surface area (Å²) in [7, 11) is 0. The molecule has 5 nitrogen and oxygen atoms in total. The predicted molar refractivity (Wildman–Crippen MR) is 51.8 cm³/mol. The lowest BCUT2D eigenvalue weighted by atomic mass is 10.0. The minimum absolute atomic E-state index is 0.0277. The predicted octanol–water partition coefficient (Wildman–Crippen LogP) is -0.0970. The molecule has 0 amide bonds. The quantitative estimate of drug-likeness (QED) is 0.593. The number of hydrogen-bond donors (Lipinski definition) is 3. The number of carboxylic acids is 1. The summed E-state index contributed by atoms with van der Waals surface area (Å²) < 4.78 is 5.52. The molecule has 3 unspecified atom stereocenters. The molecule has 0 bridgehead atoms. The van der Waals surface area contributed by atoms with Gasteiger partial charge in [-0.3, -0.25) is 10.1 Å². The van der Waals surface area contributed by atoms with E-state index in [2.05, 4.69) is 5.32 Å². The molecular weight excluding hydrogens is 184 g/mol. The monoisotopic (exact) mass is 202 g/mol.